The molecular weight excluding hydrogens is 497 g/mol. The summed E-state index contributed by atoms with van der Waals surface area (Å²) in [5, 5.41) is 14.2. The predicted molar refractivity (Wildman–Crippen MR) is 138 cm³/mol. The van der Waals surface area contributed by atoms with E-state index >= 15 is 0 Å². The number of aryl methyl sites for hydroxylation is 1. The second-order valence-electron chi connectivity index (χ2n) is 9.67. The Kier molecular flexibility index (Phi) is 11.4. The molecule has 0 aliphatic rings. The van der Waals surface area contributed by atoms with Crippen molar-refractivity contribution in [1.29, 1.82) is 0 Å². The van der Waals surface area contributed by atoms with Crippen LogP contribution in [0.15, 0.2) is 24.3 Å². The Morgan fingerprint density at radius 2 is 1.65 bits per heavy atom. The fraction of sp³-hybridized carbons (Fsp3) is 0.727. The third kappa shape index (κ3) is 9.02. The molecule has 0 saturated heterocycles. The van der Waals surface area contributed by atoms with Gasteiger partial charge in [-0.2, -0.15) is 8.42 Å². The maximum Gasteiger partial charge on any atom is 0.361 e. The standard InChI is InChI=1S/C22H42NO8PSSi/c1-10-28-32(25,29-11-2)21(24)20(30-33(7,26)27)19(31-34(8,9)22(4,5)6)16-23-18-15-13-12-14-17(18)3/h12-15,19-21,23-24H,10-11,16H2,1-9H3/t19-,20-,21+/m1/s1. The minimum atomic E-state index is -4.14. The van der Waals surface area contributed by atoms with E-state index in [0.717, 1.165) is 17.5 Å². The largest absolute Gasteiger partial charge is 0.409 e. The molecule has 0 spiro atoms. The van der Waals surface area contributed by atoms with E-state index in [0.29, 0.717) is 0 Å². The number of aliphatic hydroxyl groups excluding tert-OH is 1. The number of benzene rings is 1. The highest BCUT2D eigenvalue weighted by Crippen LogP contribution is 2.54. The van der Waals surface area contributed by atoms with E-state index in [2.05, 4.69) is 5.32 Å². The highest BCUT2D eigenvalue weighted by Gasteiger charge is 2.49. The highest BCUT2D eigenvalue weighted by atomic mass is 32.2. The quantitative estimate of drug-likeness (QED) is 0.196. The molecule has 1 aromatic carbocycles. The summed E-state index contributed by atoms with van der Waals surface area (Å²) in [6, 6.07) is 7.59. The van der Waals surface area contributed by atoms with Gasteiger partial charge in [0.25, 0.3) is 10.1 Å². The van der Waals surface area contributed by atoms with E-state index in [9.17, 15) is 18.1 Å². The fourth-order valence-electron chi connectivity index (χ4n) is 3.00. The molecule has 198 valence electrons. The second-order valence-corrected chi connectivity index (χ2v) is 18.1. The molecule has 0 fully saturated rings. The molecule has 12 heteroatoms. The zero-order valence-corrected chi connectivity index (χ0v) is 24.5. The van der Waals surface area contributed by atoms with Gasteiger partial charge in [-0.1, -0.05) is 39.0 Å². The van der Waals surface area contributed by atoms with E-state index < -0.39 is 44.1 Å². The lowest BCUT2D eigenvalue weighted by Crippen LogP contribution is -2.53. The van der Waals surface area contributed by atoms with Gasteiger partial charge in [-0.25, -0.2) is 0 Å². The number of para-hydroxylation sites is 1. The van der Waals surface area contributed by atoms with Crippen molar-refractivity contribution in [3.05, 3.63) is 29.8 Å². The van der Waals surface area contributed by atoms with Crippen molar-refractivity contribution in [3.63, 3.8) is 0 Å². The minimum absolute atomic E-state index is 0.00481. The lowest BCUT2D eigenvalue weighted by atomic mass is 10.1. The first kappa shape index (κ1) is 31.2. The maximum atomic E-state index is 13.4. The summed E-state index contributed by atoms with van der Waals surface area (Å²) < 4.78 is 60.3. The van der Waals surface area contributed by atoms with Crippen molar-refractivity contribution in [2.75, 3.05) is 31.3 Å². The van der Waals surface area contributed by atoms with Crippen LogP contribution in [0, 0.1) is 6.92 Å². The van der Waals surface area contributed by atoms with Crippen LogP contribution in [-0.2, 0) is 32.3 Å². The summed E-state index contributed by atoms with van der Waals surface area (Å²) in [4.78, 5) is 0. The average Bonchev–Trinajstić information content (AvgIpc) is 2.68. The zero-order valence-electron chi connectivity index (χ0n) is 21.8. The number of hydrogen-bond donors (Lipinski definition) is 2. The van der Waals surface area contributed by atoms with Crippen LogP contribution < -0.4 is 5.32 Å². The molecule has 0 aliphatic heterocycles. The number of hydrogen-bond acceptors (Lipinski definition) is 9. The first-order valence-corrected chi connectivity index (χ1v) is 17.7. The van der Waals surface area contributed by atoms with Gasteiger partial charge in [0.1, 0.15) is 6.10 Å². The van der Waals surface area contributed by atoms with Crippen LogP contribution in [0.2, 0.25) is 18.1 Å². The molecule has 34 heavy (non-hydrogen) atoms. The average molecular weight is 540 g/mol. The predicted octanol–water partition coefficient (Wildman–Crippen LogP) is 4.73. The summed E-state index contributed by atoms with van der Waals surface area (Å²) in [5.74, 6) is -1.89. The molecule has 0 aliphatic carbocycles. The van der Waals surface area contributed by atoms with Crippen molar-refractivity contribution in [2.45, 2.75) is 77.7 Å². The van der Waals surface area contributed by atoms with Gasteiger partial charge in [0.2, 0.25) is 0 Å². The molecular formula is C22H42NO8PSSi. The smallest absolute Gasteiger partial charge is 0.361 e. The Bertz CT molecular complexity index is 925. The van der Waals surface area contributed by atoms with E-state index in [-0.39, 0.29) is 24.8 Å². The van der Waals surface area contributed by atoms with Crippen molar-refractivity contribution >= 4 is 31.7 Å². The first-order chi connectivity index (χ1) is 15.5. The molecule has 0 amide bonds. The van der Waals surface area contributed by atoms with Crippen LogP contribution in [0.1, 0.15) is 40.2 Å². The van der Waals surface area contributed by atoms with E-state index in [4.69, 9.17) is 17.7 Å². The zero-order chi connectivity index (χ0) is 26.4. The summed E-state index contributed by atoms with van der Waals surface area (Å²) in [5.41, 5.74) is 1.79. The molecule has 0 heterocycles. The lowest BCUT2D eigenvalue weighted by Gasteiger charge is -2.42. The van der Waals surface area contributed by atoms with Gasteiger partial charge >= 0.3 is 7.60 Å². The molecule has 0 bridgehead atoms. The molecule has 0 radical (unpaired) electrons. The molecule has 3 atom stereocenters. The lowest BCUT2D eigenvalue weighted by molar-refractivity contribution is -0.0110. The third-order valence-corrected chi connectivity index (χ3v) is 13.0. The Hall–Kier alpha value is -0.783. The molecule has 1 aromatic rings. The van der Waals surface area contributed by atoms with Gasteiger partial charge in [-0.3, -0.25) is 8.75 Å². The maximum absolute atomic E-state index is 13.4. The van der Waals surface area contributed by atoms with Crippen LogP contribution in [0.3, 0.4) is 0 Å². The Balaban J connectivity index is 3.52. The molecule has 0 aromatic heterocycles. The van der Waals surface area contributed by atoms with Crippen LogP contribution in [0.4, 0.5) is 5.69 Å². The van der Waals surface area contributed by atoms with E-state index in [1.807, 2.05) is 65.1 Å². The SMILES string of the molecule is CCOP(=O)(OCC)[C@H](O)[C@H](OS(C)(=O)=O)[C@@H](CNc1ccccc1C)O[Si](C)(C)C(C)(C)C. The number of nitrogens with one attached hydrogen (secondary N) is 1. The van der Waals surface area contributed by atoms with Gasteiger partial charge in [0.05, 0.1) is 25.6 Å². The van der Waals surface area contributed by atoms with Gasteiger partial charge in [0, 0.05) is 12.2 Å². The summed E-state index contributed by atoms with van der Waals surface area (Å²) in [7, 11) is -10.7. The van der Waals surface area contributed by atoms with Crippen LogP contribution in [0.5, 0.6) is 0 Å². The highest BCUT2D eigenvalue weighted by molar-refractivity contribution is 7.86. The van der Waals surface area contributed by atoms with Crippen molar-refractivity contribution in [3.8, 4) is 0 Å². The third-order valence-electron chi connectivity index (χ3n) is 5.78. The van der Waals surface area contributed by atoms with E-state index in [1.54, 1.807) is 13.8 Å². The van der Waals surface area contributed by atoms with Gasteiger partial charge in [-0.05, 0) is 50.5 Å². The fourth-order valence-corrected chi connectivity index (χ4v) is 6.75. The van der Waals surface area contributed by atoms with Crippen LogP contribution in [-0.4, -0.2) is 65.9 Å². The van der Waals surface area contributed by atoms with Crippen molar-refractivity contribution in [2.24, 2.45) is 0 Å². The Morgan fingerprint density at radius 3 is 2.09 bits per heavy atom. The molecule has 9 nitrogen and oxygen atoms in total. The van der Waals surface area contributed by atoms with E-state index in [1.165, 1.54) is 0 Å². The van der Waals surface area contributed by atoms with Gasteiger partial charge < -0.3 is 23.9 Å². The topological polar surface area (TPSA) is 120 Å². The van der Waals surface area contributed by atoms with Gasteiger partial charge in [0.15, 0.2) is 14.2 Å². The summed E-state index contributed by atoms with van der Waals surface area (Å²) in [6.45, 7) is 15.4. The monoisotopic (exact) mass is 539 g/mol. The number of rotatable bonds is 14. The van der Waals surface area contributed by atoms with Crippen molar-refractivity contribution < 1.29 is 35.7 Å². The normalized spacial score (nSPS) is 16.2. The number of aliphatic hydroxyl groups is 1. The molecule has 1 rings (SSSR count). The van der Waals surface area contributed by atoms with Gasteiger partial charge in [-0.15, -0.1) is 0 Å². The Labute approximate surface area is 206 Å². The second kappa shape index (κ2) is 12.4. The van der Waals surface area contributed by atoms with Crippen molar-refractivity contribution in [1.82, 2.24) is 0 Å². The summed E-state index contributed by atoms with van der Waals surface area (Å²) in [6.07, 6.45) is -1.65. The van der Waals surface area contributed by atoms with Crippen LogP contribution in [0.25, 0.3) is 0 Å². The first-order valence-electron chi connectivity index (χ1n) is 11.4. The molecule has 0 saturated carbocycles. The molecule has 0 unspecified atom stereocenters. The van der Waals surface area contributed by atoms with Crippen LogP contribution >= 0.6 is 7.60 Å². The Morgan fingerprint density at radius 1 is 1.12 bits per heavy atom. The summed E-state index contributed by atoms with van der Waals surface area (Å²) >= 11 is 0. The number of anilines is 1. The molecule has 2 N–H and O–H groups in total. The minimum Gasteiger partial charge on any atom is -0.409 e.